The number of likely N-dealkylation sites (tertiary alicyclic amines) is 1. The highest BCUT2D eigenvalue weighted by Crippen LogP contribution is 2.26. The third kappa shape index (κ3) is 6.08. The molecule has 0 aliphatic carbocycles. The third-order valence-corrected chi connectivity index (χ3v) is 6.18. The van der Waals surface area contributed by atoms with Gasteiger partial charge in [0.25, 0.3) is 0 Å². The Bertz CT molecular complexity index is 852. The van der Waals surface area contributed by atoms with Gasteiger partial charge in [-0.1, -0.05) is 12.8 Å². The SMILES string of the molecule is Cc1cc(-c2cncnc2)cc([C@H]2CN(C(=O)CCCN3CCCCCC3)CCO2)n1. The van der Waals surface area contributed by atoms with Crippen LogP contribution >= 0.6 is 0 Å². The molecule has 4 heterocycles. The summed E-state index contributed by atoms with van der Waals surface area (Å²) >= 11 is 0. The molecule has 2 saturated heterocycles. The summed E-state index contributed by atoms with van der Waals surface area (Å²) in [4.78, 5) is 30.3. The van der Waals surface area contributed by atoms with Gasteiger partial charge in [0, 0.05) is 36.6 Å². The van der Waals surface area contributed by atoms with Crippen LogP contribution in [0.2, 0.25) is 0 Å². The van der Waals surface area contributed by atoms with Gasteiger partial charge in [-0.3, -0.25) is 9.78 Å². The van der Waals surface area contributed by atoms with Crippen LogP contribution in [0.15, 0.2) is 30.9 Å². The lowest BCUT2D eigenvalue weighted by Gasteiger charge is -2.33. The maximum absolute atomic E-state index is 12.9. The van der Waals surface area contributed by atoms with Crippen LogP contribution in [0.5, 0.6) is 0 Å². The van der Waals surface area contributed by atoms with Gasteiger partial charge >= 0.3 is 0 Å². The van der Waals surface area contributed by atoms with Crippen LogP contribution in [0.1, 0.15) is 56.0 Å². The van der Waals surface area contributed by atoms with Gasteiger partial charge in [0.1, 0.15) is 12.4 Å². The van der Waals surface area contributed by atoms with E-state index in [0.717, 1.165) is 35.5 Å². The van der Waals surface area contributed by atoms with Crippen LogP contribution in [0, 0.1) is 6.92 Å². The predicted octanol–water partition coefficient (Wildman–Crippen LogP) is 3.40. The Morgan fingerprint density at radius 2 is 1.84 bits per heavy atom. The zero-order valence-corrected chi connectivity index (χ0v) is 18.5. The highest BCUT2D eigenvalue weighted by molar-refractivity contribution is 5.76. The molecule has 7 nitrogen and oxygen atoms in total. The second kappa shape index (κ2) is 10.8. The van der Waals surface area contributed by atoms with Gasteiger partial charge in [-0.2, -0.15) is 0 Å². The first-order chi connectivity index (χ1) is 15.2. The van der Waals surface area contributed by atoms with E-state index in [0.29, 0.717) is 26.1 Å². The topological polar surface area (TPSA) is 71.5 Å². The summed E-state index contributed by atoms with van der Waals surface area (Å²) in [5.41, 5.74) is 3.75. The number of carbonyl (C=O) groups excluding carboxylic acids is 1. The highest BCUT2D eigenvalue weighted by atomic mass is 16.5. The van der Waals surface area contributed by atoms with Crippen LogP contribution in [-0.4, -0.2) is 70.0 Å². The zero-order chi connectivity index (χ0) is 21.5. The number of amides is 1. The lowest BCUT2D eigenvalue weighted by molar-refractivity contribution is -0.139. The van der Waals surface area contributed by atoms with E-state index in [2.05, 4.69) is 14.9 Å². The molecule has 0 spiro atoms. The molecule has 2 aliphatic rings. The highest BCUT2D eigenvalue weighted by Gasteiger charge is 2.26. The molecular formula is C24H33N5O2. The smallest absolute Gasteiger partial charge is 0.222 e. The molecule has 0 N–H and O–H groups in total. The number of hydrogen-bond donors (Lipinski definition) is 0. The van der Waals surface area contributed by atoms with Gasteiger partial charge in [-0.05, 0) is 63.5 Å². The Kier molecular flexibility index (Phi) is 7.59. The van der Waals surface area contributed by atoms with Crippen molar-refractivity contribution in [2.45, 2.75) is 51.6 Å². The van der Waals surface area contributed by atoms with E-state index in [1.165, 1.54) is 45.1 Å². The fourth-order valence-corrected chi connectivity index (χ4v) is 4.50. The molecule has 7 heteroatoms. The van der Waals surface area contributed by atoms with E-state index in [1.807, 2.05) is 24.0 Å². The maximum atomic E-state index is 12.9. The summed E-state index contributed by atoms with van der Waals surface area (Å²) < 4.78 is 6.01. The van der Waals surface area contributed by atoms with Gasteiger partial charge in [-0.25, -0.2) is 9.97 Å². The average Bonchev–Trinajstić information content (AvgIpc) is 3.08. The van der Waals surface area contributed by atoms with Crippen LogP contribution < -0.4 is 0 Å². The van der Waals surface area contributed by atoms with Gasteiger partial charge in [0.15, 0.2) is 0 Å². The Hall–Kier alpha value is -2.38. The van der Waals surface area contributed by atoms with E-state index in [9.17, 15) is 4.79 Å². The van der Waals surface area contributed by atoms with Crippen LogP contribution in [0.25, 0.3) is 11.1 Å². The van der Waals surface area contributed by atoms with Crippen molar-refractivity contribution >= 4 is 5.91 Å². The summed E-state index contributed by atoms with van der Waals surface area (Å²) in [6.45, 7) is 7.13. The molecule has 2 aromatic heterocycles. The van der Waals surface area contributed by atoms with Crippen molar-refractivity contribution in [2.24, 2.45) is 0 Å². The van der Waals surface area contributed by atoms with Gasteiger partial charge in [-0.15, -0.1) is 0 Å². The summed E-state index contributed by atoms with van der Waals surface area (Å²) in [5, 5.41) is 0. The normalized spacial score (nSPS) is 20.4. The molecule has 1 amide bonds. The van der Waals surface area contributed by atoms with Crippen LogP contribution in [0.3, 0.4) is 0 Å². The minimum absolute atomic E-state index is 0.202. The molecule has 2 aliphatic heterocycles. The number of hydrogen-bond acceptors (Lipinski definition) is 6. The number of aromatic nitrogens is 3. The average molecular weight is 424 g/mol. The molecule has 2 fully saturated rings. The number of aryl methyl sites for hydroxylation is 1. The van der Waals surface area contributed by atoms with Gasteiger partial charge in [0.2, 0.25) is 5.91 Å². The van der Waals surface area contributed by atoms with E-state index in [-0.39, 0.29) is 12.0 Å². The van der Waals surface area contributed by atoms with E-state index < -0.39 is 0 Å². The first-order valence-electron chi connectivity index (χ1n) is 11.5. The molecule has 2 aromatic rings. The Balaban J connectivity index is 1.35. The number of morpholine rings is 1. The molecule has 0 bridgehead atoms. The van der Waals surface area contributed by atoms with Crippen molar-refractivity contribution in [3.05, 3.63) is 42.2 Å². The molecule has 31 heavy (non-hydrogen) atoms. The minimum Gasteiger partial charge on any atom is -0.368 e. The lowest BCUT2D eigenvalue weighted by atomic mass is 10.1. The maximum Gasteiger partial charge on any atom is 0.222 e. The van der Waals surface area contributed by atoms with Crippen LogP contribution in [-0.2, 0) is 9.53 Å². The monoisotopic (exact) mass is 423 g/mol. The molecule has 166 valence electrons. The summed E-state index contributed by atoms with van der Waals surface area (Å²) in [6.07, 6.45) is 11.7. The second-order valence-corrected chi connectivity index (χ2v) is 8.61. The second-order valence-electron chi connectivity index (χ2n) is 8.61. The molecule has 0 saturated carbocycles. The molecule has 4 rings (SSSR count). The quantitative estimate of drug-likeness (QED) is 0.709. The molecule has 1 atom stereocenters. The minimum atomic E-state index is -0.202. The number of carbonyl (C=O) groups is 1. The standard InChI is InChI=1S/C24H33N5O2/c1-19-13-20(21-15-25-18-26-16-21)14-22(27-19)23-17-29(11-12-31-23)24(30)7-6-10-28-8-4-2-3-5-9-28/h13-16,18,23H,2-12,17H2,1H3/t23-/m1/s1. The van der Waals surface area contributed by atoms with E-state index in [4.69, 9.17) is 9.72 Å². The lowest BCUT2D eigenvalue weighted by Crippen LogP contribution is -2.42. The summed E-state index contributed by atoms with van der Waals surface area (Å²) in [7, 11) is 0. The zero-order valence-electron chi connectivity index (χ0n) is 18.5. The first-order valence-corrected chi connectivity index (χ1v) is 11.5. The largest absolute Gasteiger partial charge is 0.368 e. The van der Waals surface area contributed by atoms with Gasteiger partial charge in [0.05, 0.1) is 18.8 Å². The van der Waals surface area contributed by atoms with E-state index in [1.54, 1.807) is 12.4 Å². The van der Waals surface area contributed by atoms with Crippen molar-refractivity contribution in [3.63, 3.8) is 0 Å². The molecule has 0 unspecified atom stereocenters. The predicted molar refractivity (Wildman–Crippen MR) is 119 cm³/mol. The molecular weight excluding hydrogens is 390 g/mol. The number of rotatable bonds is 6. The van der Waals surface area contributed by atoms with Crippen molar-refractivity contribution < 1.29 is 9.53 Å². The van der Waals surface area contributed by atoms with Crippen molar-refractivity contribution in [1.82, 2.24) is 24.8 Å². The van der Waals surface area contributed by atoms with Crippen molar-refractivity contribution in [3.8, 4) is 11.1 Å². The Morgan fingerprint density at radius 1 is 1.06 bits per heavy atom. The molecule has 0 aromatic carbocycles. The van der Waals surface area contributed by atoms with E-state index >= 15 is 0 Å². The summed E-state index contributed by atoms with van der Waals surface area (Å²) in [6, 6.07) is 4.06. The van der Waals surface area contributed by atoms with Gasteiger partial charge < -0.3 is 14.5 Å². The summed E-state index contributed by atoms with van der Waals surface area (Å²) in [5.74, 6) is 0.229. The molecule has 0 radical (unpaired) electrons. The number of nitrogens with zero attached hydrogens (tertiary/aromatic N) is 5. The Labute approximate surface area is 184 Å². The fraction of sp³-hybridized carbons (Fsp3) is 0.583. The number of pyridine rings is 1. The van der Waals surface area contributed by atoms with Crippen molar-refractivity contribution in [2.75, 3.05) is 39.3 Å². The van der Waals surface area contributed by atoms with Crippen molar-refractivity contribution in [1.29, 1.82) is 0 Å². The first kappa shape index (κ1) is 21.8. The Morgan fingerprint density at radius 3 is 2.61 bits per heavy atom. The van der Waals surface area contributed by atoms with Crippen LogP contribution in [0.4, 0.5) is 0 Å². The third-order valence-electron chi connectivity index (χ3n) is 6.18. The number of ether oxygens (including phenoxy) is 1. The fourth-order valence-electron chi connectivity index (χ4n) is 4.50.